The second-order valence-corrected chi connectivity index (χ2v) is 39.5. The molecule has 2 heterocycles. The van der Waals surface area contributed by atoms with Gasteiger partial charge >= 0.3 is 0 Å². The van der Waals surface area contributed by atoms with Crippen molar-refractivity contribution in [3.63, 3.8) is 0 Å². The van der Waals surface area contributed by atoms with Crippen molar-refractivity contribution >= 4 is 99.0 Å². The van der Waals surface area contributed by atoms with Crippen LogP contribution in [-0.4, -0.2) is 45.5 Å². The van der Waals surface area contributed by atoms with Gasteiger partial charge < -0.3 is 0 Å². The van der Waals surface area contributed by atoms with E-state index in [9.17, 15) is 0 Å². The predicted octanol–water partition coefficient (Wildman–Crippen LogP) is 28.5. The Bertz CT molecular complexity index is 4620. The van der Waals surface area contributed by atoms with Crippen LogP contribution in [-0.2, 0) is 0 Å². The molecule has 10 saturated carbocycles. The van der Waals surface area contributed by atoms with Gasteiger partial charge in [-0.3, -0.25) is 29.0 Å². The molecular weight excluding hydrogens is 1310 g/mol. The van der Waals surface area contributed by atoms with Gasteiger partial charge in [-0.15, -0.1) is 0 Å². The first-order valence-corrected chi connectivity index (χ1v) is 46.4. The van der Waals surface area contributed by atoms with Gasteiger partial charge in [0.25, 0.3) is 23.6 Å². The summed E-state index contributed by atoms with van der Waals surface area (Å²) in [6, 6.07) is 20.0. The number of carbonyl (C=O) groups is 4. The molecule has 20 rings (SSSR count). The van der Waals surface area contributed by atoms with E-state index in [1.54, 1.807) is 0 Å². The first-order valence-electron chi connectivity index (χ1n) is 46.4. The zero-order chi connectivity index (χ0) is 71.5. The number of amides is 4. The van der Waals surface area contributed by atoms with Crippen molar-refractivity contribution in [2.45, 2.75) is 370 Å². The van der Waals surface area contributed by atoms with Crippen molar-refractivity contribution in [2.75, 3.05) is 0 Å². The van der Waals surface area contributed by atoms with E-state index in [0.717, 1.165) is 196 Å². The SMILES string of the molecule is CC1CCCC(N2C(=O)c3cc(C4CCCCCCC4)c4c5ccc6c7c(C8CCC(C9CCCC9)CC8)cc8c9c(cc(C%10CCCC(C%11CCCC%11)CCC%10)c(c%10ccc(c%11c(C%12CCCC(C%13CCCC%13)CCC%12)cc(c3c4%11)C2=O)c5c%106)c97)C(=O)N(C2CCCC(C3CCCC3)CCC2)C8=O)CCC1. The van der Waals surface area contributed by atoms with Crippen LogP contribution in [0.3, 0.4) is 0 Å². The van der Waals surface area contributed by atoms with E-state index < -0.39 is 0 Å². The molecule has 0 atom stereocenters. The van der Waals surface area contributed by atoms with Crippen LogP contribution in [0.5, 0.6) is 0 Å². The molecule has 566 valence electrons. The largest absolute Gasteiger partial charge is 0.271 e. The van der Waals surface area contributed by atoms with Crippen molar-refractivity contribution < 1.29 is 19.2 Å². The summed E-state index contributed by atoms with van der Waals surface area (Å²) in [4.78, 5) is 69.6. The minimum Gasteiger partial charge on any atom is -0.271 e. The van der Waals surface area contributed by atoms with Gasteiger partial charge in [-0.1, -0.05) is 269 Å². The summed E-state index contributed by atoms with van der Waals surface area (Å²) in [6.07, 6.45) is 62.9. The Kier molecular flexibility index (Phi) is 19.6. The zero-order valence-electron chi connectivity index (χ0n) is 65.9. The quantitative estimate of drug-likeness (QED) is 0.0777. The molecule has 10 fully saturated rings. The highest BCUT2D eigenvalue weighted by Crippen LogP contribution is 2.59. The van der Waals surface area contributed by atoms with E-state index in [2.05, 4.69) is 55.5 Å². The van der Waals surface area contributed by atoms with Crippen LogP contribution in [0.4, 0.5) is 0 Å². The molecule has 0 spiro atoms. The third kappa shape index (κ3) is 12.4. The van der Waals surface area contributed by atoms with E-state index in [4.69, 9.17) is 0 Å². The second kappa shape index (κ2) is 29.8. The fourth-order valence-electron chi connectivity index (χ4n) is 28.4. The molecule has 8 aromatic carbocycles. The number of benzene rings is 8. The van der Waals surface area contributed by atoms with Crippen LogP contribution in [0.25, 0.3) is 75.4 Å². The fraction of sp³-hybridized carbons (Fsp3) is 0.663. The summed E-state index contributed by atoms with van der Waals surface area (Å²) in [5.41, 5.74) is 8.78. The molecule has 0 bridgehead atoms. The highest BCUT2D eigenvalue weighted by molar-refractivity contribution is 6.46. The normalized spacial score (nSPS) is 30.5. The number of hydrogen-bond donors (Lipinski definition) is 0. The lowest BCUT2D eigenvalue weighted by atomic mass is 9.69. The first-order chi connectivity index (χ1) is 52.7. The maximum Gasteiger partial charge on any atom is 0.261 e. The highest BCUT2D eigenvalue weighted by atomic mass is 16.2. The highest BCUT2D eigenvalue weighted by Gasteiger charge is 2.46. The lowest BCUT2D eigenvalue weighted by Gasteiger charge is -2.39. The van der Waals surface area contributed by atoms with Crippen LogP contribution in [0.1, 0.15) is 422 Å². The van der Waals surface area contributed by atoms with E-state index in [0.29, 0.717) is 29.6 Å². The van der Waals surface area contributed by atoms with Crippen molar-refractivity contribution in [1.82, 2.24) is 9.80 Å². The summed E-state index contributed by atoms with van der Waals surface area (Å²) in [6.45, 7) is 2.40. The van der Waals surface area contributed by atoms with Crippen LogP contribution in [0, 0.1) is 53.3 Å². The summed E-state index contributed by atoms with van der Waals surface area (Å²) in [7, 11) is 0. The Morgan fingerprint density at radius 3 is 0.738 bits per heavy atom. The number of nitrogens with zero attached hydrogens (tertiary/aromatic N) is 2. The third-order valence-electron chi connectivity index (χ3n) is 33.8. The number of imide groups is 2. The molecule has 6 nitrogen and oxygen atoms in total. The van der Waals surface area contributed by atoms with Gasteiger partial charge in [-0.05, 0) is 278 Å². The smallest absolute Gasteiger partial charge is 0.261 e. The van der Waals surface area contributed by atoms with Crippen molar-refractivity contribution in [1.29, 1.82) is 0 Å². The van der Waals surface area contributed by atoms with Crippen molar-refractivity contribution in [2.24, 2.45) is 53.3 Å². The molecule has 12 aliphatic rings. The minimum atomic E-state index is -0.0885. The van der Waals surface area contributed by atoms with Crippen molar-refractivity contribution in [3.8, 4) is 0 Å². The molecule has 4 amide bonds. The van der Waals surface area contributed by atoms with Crippen LogP contribution in [0.2, 0.25) is 0 Å². The van der Waals surface area contributed by atoms with E-state index in [1.807, 2.05) is 9.80 Å². The maximum atomic E-state index is 16.6. The average Bonchev–Trinajstić information content (AvgIpc) is 1.05. The van der Waals surface area contributed by atoms with Crippen LogP contribution < -0.4 is 0 Å². The first kappa shape index (κ1) is 70.5. The summed E-state index contributed by atoms with van der Waals surface area (Å²) in [5.74, 6) is 8.43. The Morgan fingerprint density at radius 1 is 0.215 bits per heavy atom. The van der Waals surface area contributed by atoms with E-state index in [-0.39, 0.29) is 35.7 Å². The van der Waals surface area contributed by atoms with Gasteiger partial charge in [-0.25, -0.2) is 0 Å². The Morgan fingerprint density at radius 2 is 0.439 bits per heavy atom. The Labute approximate surface area is 640 Å². The summed E-state index contributed by atoms with van der Waals surface area (Å²) >= 11 is 0. The number of carbonyl (C=O) groups excluding carboxylic acids is 4. The van der Waals surface area contributed by atoms with Gasteiger partial charge in [0.1, 0.15) is 0 Å². The summed E-state index contributed by atoms with van der Waals surface area (Å²) < 4.78 is 0. The van der Waals surface area contributed by atoms with Crippen LogP contribution >= 0.6 is 0 Å². The summed E-state index contributed by atoms with van der Waals surface area (Å²) in [5, 5.41) is 17.7. The number of fused-ring (bicyclic) bond motifs is 4. The van der Waals surface area contributed by atoms with Gasteiger partial charge in [0.05, 0.1) is 0 Å². The van der Waals surface area contributed by atoms with E-state index >= 15 is 19.2 Å². The standard InChI is InChI=1S/C101H128N2O4/c1-61-23-15-45-74(46-16-24-61)102-98(104)84-57-80(70-33-5-3-2-4-6-34-70)90-76-55-56-79-89-78(54-53-77(88(76)89)91-81(58-85(99(102)105)94(84)96(90)91)71-41-17-35-66(36-18-42-71)62-25-7-8-26-62)92-82(72-43-19-37-67(38-20-44-72)63-27-9-10-28-63)59-86-95-87(60-83(93(79)97(92)95)73-51-49-69(50-52-73)65-31-13-14-32-65)101(107)103(100(86)106)75-47-21-39-68(40-22-48-75)64-29-11-12-30-64/h53-75H,2-52H2,1H3. The third-order valence-corrected chi connectivity index (χ3v) is 33.8. The molecule has 107 heavy (non-hydrogen) atoms. The topological polar surface area (TPSA) is 74.8 Å². The average molecular weight is 1430 g/mol. The minimum absolute atomic E-state index is 0.0132. The second-order valence-electron chi connectivity index (χ2n) is 39.5. The van der Waals surface area contributed by atoms with Crippen LogP contribution in [0.15, 0.2) is 48.5 Å². The molecule has 2 aliphatic heterocycles. The predicted molar refractivity (Wildman–Crippen MR) is 443 cm³/mol. The molecular formula is C101H128N2O4. The van der Waals surface area contributed by atoms with Gasteiger partial charge in [0, 0.05) is 45.1 Å². The Hall–Kier alpha value is -5.62. The maximum absolute atomic E-state index is 16.6. The lowest BCUT2D eigenvalue weighted by molar-refractivity contribution is 0.0491. The molecule has 0 radical (unpaired) electrons. The Balaban J connectivity index is 0.849. The molecule has 6 heteroatoms. The molecule has 0 saturated heterocycles. The molecule has 8 aromatic rings. The lowest BCUT2D eigenvalue weighted by Crippen LogP contribution is -2.47. The molecule has 0 aromatic heterocycles. The van der Waals surface area contributed by atoms with Crippen molar-refractivity contribution in [3.05, 3.63) is 93.0 Å². The molecule has 0 N–H and O–H groups in total. The van der Waals surface area contributed by atoms with Gasteiger partial charge in [-0.2, -0.15) is 0 Å². The number of hydrogen-bond acceptors (Lipinski definition) is 4. The van der Waals surface area contributed by atoms with E-state index in [1.165, 1.54) is 299 Å². The zero-order valence-corrected chi connectivity index (χ0v) is 65.9. The fourth-order valence-corrected chi connectivity index (χ4v) is 28.4. The molecule has 0 unspecified atom stereocenters. The molecule has 10 aliphatic carbocycles. The van der Waals surface area contributed by atoms with Gasteiger partial charge in [0.2, 0.25) is 0 Å². The van der Waals surface area contributed by atoms with Gasteiger partial charge in [0.15, 0.2) is 0 Å². The monoisotopic (exact) mass is 1430 g/mol. The number of rotatable bonds is 10.